The minimum absolute atomic E-state index is 0.404. The quantitative estimate of drug-likeness (QED) is 0.538. The average Bonchev–Trinajstić information content (AvgIpc) is 2.18. The van der Waals surface area contributed by atoms with Gasteiger partial charge >= 0.3 is 5.97 Å². The molecule has 0 aromatic heterocycles. The smallest absolute Gasteiger partial charge is 0.343 e. The number of hydrogen-bond donors (Lipinski definition) is 0. The van der Waals surface area contributed by atoms with Crippen molar-refractivity contribution >= 4 is 11.5 Å². The SMILES string of the molecule is C=COC(=O)c1ccccc1C(=C)C. The molecule has 0 fully saturated rings. The van der Waals surface area contributed by atoms with Crippen LogP contribution in [-0.4, -0.2) is 5.97 Å². The first-order valence-electron chi connectivity index (χ1n) is 4.23. The number of allylic oxidation sites excluding steroid dienone is 1. The Morgan fingerprint density at radius 3 is 2.43 bits per heavy atom. The second kappa shape index (κ2) is 4.42. The van der Waals surface area contributed by atoms with Crippen molar-refractivity contribution in [3.05, 3.63) is 54.8 Å². The molecule has 2 nitrogen and oxygen atoms in total. The van der Waals surface area contributed by atoms with Crippen molar-refractivity contribution in [2.75, 3.05) is 0 Å². The van der Waals surface area contributed by atoms with Gasteiger partial charge in [0, 0.05) is 0 Å². The van der Waals surface area contributed by atoms with Crippen LogP contribution in [0.25, 0.3) is 5.57 Å². The summed E-state index contributed by atoms with van der Waals surface area (Å²) >= 11 is 0. The Balaban J connectivity index is 3.12. The van der Waals surface area contributed by atoms with E-state index in [-0.39, 0.29) is 0 Å². The molecule has 0 aliphatic carbocycles. The van der Waals surface area contributed by atoms with Crippen LogP contribution in [0.5, 0.6) is 0 Å². The van der Waals surface area contributed by atoms with Gasteiger partial charge in [0.15, 0.2) is 0 Å². The van der Waals surface area contributed by atoms with Crippen molar-refractivity contribution in [2.24, 2.45) is 0 Å². The molecule has 0 saturated heterocycles. The average molecular weight is 188 g/mol. The Kier molecular flexibility index (Phi) is 3.24. The maximum Gasteiger partial charge on any atom is 0.343 e. The number of ether oxygens (including phenoxy) is 1. The highest BCUT2D eigenvalue weighted by molar-refractivity contribution is 5.95. The van der Waals surface area contributed by atoms with Gasteiger partial charge in [0.1, 0.15) is 0 Å². The zero-order valence-electron chi connectivity index (χ0n) is 8.12. The summed E-state index contributed by atoms with van der Waals surface area (Å²) in [5, 5.41) is 0. The van der Waals surface area contributed by atoms with Crippen LogP contribution in [0.2, 0.25) is 0 Å². The largest absolute Gasteiger partial charge is 0.432 e. The Bertz CT molecular complexity index is 378. The number of esters is 1. The number of rotatable bonds is 3. The Labute approximate surface area is 83.5 Å². The van der Waals surface area contributed by atoms with Crippen molar-refractivity contribution in [2.45, 2.75) is 6.92 Å². The lowest BCUT2D eigenvalue weighted by Gasteiger charge is -2.06. The van der Waals surface area contributed by atoms with E-state index in [0.717, 1.165) is 17.4 Å². The highest BCUT2D eigenvalue weighted by atomic mass is 16.5. The third-order valence-electron chi connectivity index (χ3n) is 1.80. The molecule has 0 aliphatic heterocycles. The molecule has 0 bridgehead atoms. The molecule has 72 valence electrons. The van der Waals surface area contributed by atoms with Gasteiger partial charge in [-0.2, -0.15) is 0 Å². The van der Waals surface area contributed by atoms with Crippen molar-refractivity contribution in [3.8, 4) is 0 Å². The Morgan fingerprint density at radius 1 is 1.36 bits per heavy atom. The summed E-state index contributed by atoms with van der Waals surface area (Å²) in [6, 6.07) is 7.18. The van der Waals surface area contributed by atoms with E-state index in [1.165, 1.54) is 0 Å². The lowest BCUT2D eigenvalue weighted by molar-refractivity contribution is 0.0664. The van der Waals surface area contributed by atoms with Gasteiger partial charge in [0.05, 0.1) is 11.8 Å². The first-order chi connectivity index (χ1) is 6.66. The van der Waals surface area contributed by atoms with Crippen molar-refractivity contribution in [1.29, 1.82) is 0 Å². The summed E-state index contributed by atoms with van der Waals surface area (Å²) in [4.78, 5) is 11.4. The van der Waals surface area contributed by atoms with Gasteiger partial charge in [0.25, 0.3) is 0 Å². The van der Waals surface area contributed by atoms with Gasteiger partial charge in [-0.25, -0.2) is 4.79 Å². The van der Waals surface area contributed by atoms with Crippen LogP contribution in [0.3, 0.4) is 0 Å². The highest BCUT2D eigenvalue weighted by Crippen LogP contribution is 2.17. The summed E-state index contributed by atoms with van der Waals surface area (Å²) in [5.74, 6) is -0.404. The zero-order valence-corrected chi connectivity index (χ0v) is 8.12. The second-order valence-electron chi connectivity index (χ2n) is 2.90. The summed E-state index contributed by atoms with van der Waals surface area (Å²) in [5.41, 5.74) is 2.15. The number of carbonyl (C=O) groups is 1. The molecule has 0 heterocycles. The molecule has 0 radical (unpaired) electrons. The van der Waals surface area contributed by atoms with Crippen molar-refractivity contribution < 1.29 is 9.53 Å². The lowest BCUT2D eigenvalue weighted by Crippen LogP contribution is -2.03. The Morgan fingerprint density at radius 2 is 1.93 bits per heavy atom. The maximum atomic E-state index is 11.4. The molecule has 0 atom stereocenters. The molecule has 0 amide bonds. The molecule has 0 spiro atoms. The van der Waals surface area contributed by atoms with Crippen LogP contribution < -0.4 is 0 Å². The van der Waals surface area contributed by atoms with E-state index < -0.39 is 5.97 Å². The number of carbonyl (C=O) groups excluding carboxylic acids is 1. The van der Waals surface area contributed by atoms with E-state index in [4.69, 9.17) is 4.74 Å². The molecule has 1 rings (SSSR count). The van der Waals surface area contributed by atoms with Crippen LogP contribution in [0, 0.1) is 0 Å². The number of benzene rings is 1. The molecule has 0 unspecified atom stereocenters. The fourth-order valence-electron chi connectivity index (χ4n) is 1.17. The molecule has 14 heavy (non-hydrogen) atoms. The number of hydrogen-bond acceptors (Lipinski definition) is 2. The van der Waals surface area contributed by atoms with Gasteiger partial charge in [-0.1, -0.05) is 36.9 Å². The molecular weight excluding hydrogens is 176 g/mol. The fourth-order valence-corrected chi connectivity index (χ4v) is 1.17. The summed E-state index contributed by atoms with van der Waals surface area (Å²) in [6.45, 7) is 8.98. The molecule has 0 saturated carbocycles. The van der Waals surface area contributed by atoms with Crippen LogP contribution >= 0.6 is 0 Å². The van der Waals surface area contributed by atoms with E-state index >= 15 is 0 Å². The van der Waals surface area contributed by atoms with Gasteiger partial charge in [-0.15, -0.1) is 0 Å². The van der Waals surface area contributed by atoms with Crippen LogP contribution in [0.1, 0.15) is 22.8 Å². The van der Waals surface area contributed by atoms with E-state index in [9.17, 15) is 4.79 Å². The second-order valence-corrected chi connectivity index (χ2v) is 2.90. The zero-order chi connectivity index (χ0) is 10.6. The summed E-state index contributed by atoms with van der Waals surface area (Å²) in [6.07, 6.45) is 1.12. The fraction of sp³-hybridized carbons (Fsp3) is 0.0833. The third-order valence-corrected chi connectivity index (χ3v) is 1.80. The van der Waals surface area contributed by atoms with E-state index in [1.54, 1.807) is 12.1 Å². The predicted octanol–water partition coefficient (Wildman–Crippen LogP) is 3.02. The summed E-state index contributed by atoms with van der Waals surface area (Å²) in [7, 11) is 0. The van der Waals surface area contributed by atoms with Crippen molar-refractivity contribution in [3.63, 3.8) is 0 Å². The van der Waals surface area contributed by atoms with E-state index in [2.05, 4.69) is 13.2 Å². The van der Waals surface area contributed by atoms with Gasteiger partial charge in [-0.05, 0) is 18.6 Å². The van der Waals surface area contributed by atoms with Crippen LogP contribution in [-0.2, 0) is 4.74 Å². The van der Waals surface area contributed by atoms with Gasteiger partial charge in [0.2, 0.25) is 0 Å². The lowest BCUT2D eigenvalue weighted by atomic mass is 10.0. The Hall–Kier alpha value is -1.83. The molecule has 0 aliphatic rings. The minimum Gasteiger partial charge on any atom is -0.432 e. The normalized spacial score (nSPS) is 9.21. The molecule has 1 aromatic rings. The molecule has 1 aromatic carbocycles. The van der Waals surface area contributed by atoms with Crippen molar-refractivity contribution in [1.82, 2.24) is 0 Å². The first kappa shape index (κ1) is 10.3. The maximum absolute atomic E-state index is 11.4. The minimum atomic E-state index is -0.404. The highest BCUT2D eigenvalue weighted by Gasteiger charge is 2.10. The molecule has 0 N–H and O–H groups in total. The van der Waals surface area contributed by atoms with Crippen LogP contribution in [0.15, 0.2) is 43.7 Å². The standard InChI is InChI=1S/C12H12O2/c1-4-14-12(13)11-8-6-5-7-10(11)9(2)3/h4-8H,1-2H2,3H3. The summed E-state index contributed by atoms with van der Waals surface area (Å²) < 4.78 is 4.70. The van der Waals surface area contributed by atoms with Crippen LogP contribution in [0.4, 0.5) is 0 Å². The molecule has 2 heteroatoms. The third kappa shape index (κ3) is 2.10. The monoisotopic (exact) mass is 188 g/mol. The van der Waals surface area contributed by atoms with Gasteiger partial charge < -0.3 is 4.74 Å². The first-order valence-corrected chi connectivity index (χ1v) is 4.23. The topological polar surface area (TPSA) is 26.3 Å². The van der Waals surface area contributed by atoms with E-state index in [1.807, 2.05) is 19.1 Å². The predicted molar refractivity (Wildman–Crippen MR) is 56.8 cm³/mol. The molecular formula is C12H12O2. The van der Waals surface area contributed by atoms with Gasteiger partial charge in [-0.3, -0.25) is 0 Å². The van der Waals surface area contributed by atoms with E-state index in [0.29, 0.717) is 5.56 Å².